The zero-order chi connectivity index (χ0) is 23.0. The summed E-state index contributed by atoms with van der Waals surface area (Å²) >= 11 is 1.50. The summed E-state index contributed by atoms with van der Waals surface area (Å²) in [5.41, 5.74) is 0.912. The SMILES string of the molecule is CC/C=C\c1sc(Oc2ccc(C3=C(O)C(C)(C)OC(C)(C)C3=O)c(CC)c2)nc1C. The number of hydrogen-bond donors (Lipinski definition) is 1. The van der Waals surface area contributed by atoms with Gasteiger partial charge in [-0.05, 0) is 76.8 Å². The molecule has 3 rings (SSSR count). The number of aromatic nitrogens is 1. The predicted molar refractivity (Wildman–Crippen MR) is 126 cm³/mol. The van der Waals surface area contributed by atoms with E-state index in [1.807, 2.05) is 32.0 Å². The van der Waals surface area contributed by atoms with Crippen LogP contribution in [0.2, 0.25) is 0 Å². The van der Waals surface area contributed by atoms with Gasteiger partial charge in [-0.15, -0.1) is 0 Å². The van der Waals surface area contributed by atoms with E-state index in [1.54, 1.807) is 27.7 Å². The van der Waals surface area contributed by atoms with Crippen molar-refractivity contribution >= 4 is 28.8 Å². The number of carbonyl (C=O) groups excluding carboxylic acids is 1. The number of aliphatic hydroxyl groups excluding tert-OH is 1. The molecule has 1 N–H and O–H groups in total. The number of aliphatic hydroxyl groups is 1. The van der Waals surface area contributed by atoms with Crippen LogP contribution in [0, 0.1) is 6.92 Å². The quantitative estimate of drug-likeness (QED) is 0.543. The monoisotopic (exact) mass is 441 g/mol. The number of carbonyl (C=O) groups is 1. The van der Waals surface area contributed by atoms with Crippen molar-refractivity contribution in [3.63, 3.8) is 0 Å². The number of ketones is 1. The highest BCUT2D eigenvalue weighted by molar-refractivity contribution is 7.14. The molecule has 2 heterocycles. The molecule has 1 aliphatic heterocycles. The molecule has 6 heteroatoms. The molecular formula is C25H31NO4S. The Morgan fingerprint density at radius 1 is 1.19 bits per heavy atom. The van der Waals surface area contributed by atoms with E-state index in [0.717, 1.165) is 22.6 Å². The summed E-state index contributed by atoms with van der Waals surface area (Å²) in [5, 5.41) is 11.4. The minimum atomic E-state index is -1.02. The number of thiazole rings is 1. The largest absolute Gasteiger partial charge is 0.508 e. The second kappa shape index (κ2) is 8.60. The third-order valence-electron chi connectivity index (χ3n) is 5.34. The fourth-order valence-corrected chi connectivity index (χ4v) is 4.63. The first kappa shape index (κ1) is 23.2. The third kappa shape index (κ3) is 4.60. The van der Waals surface area contributed by atoms with Crippen molar-refractivity contribution < 1.29 is 19.4 Å². The molecule has 0 saturated heterocycles. The van der Waals surface area contributed by atoms with Gasteiger partial charge in [-0.3, -0.25) is 4.79 Å². The van der Waals surface area contributed by atoms with Gasteiger partial charge in [0.05, 0.1) is 16.1 Å². The molecule has 1 aromatic heterocycles. The van der Waals surface area contributed by atoms with E-state index < -0.39 is 11.2 Å². The van der Waals surface area contributed by atoms with Crippen LogP contribution in [0.5, 0.6) is 10.9 Å². The maximum Gasteiger partial charge on any atom is 0.279 e. The average Bonchev–Trinajstić information content (AvgIpc) is 3.04. The summed E-state index contributed by atoms with van der Waals surface area (Å²) in [6.45, 7) is 13.1. The summed E-state index contributed by atoms with van der Waals surface area (Å²) in [4.78, 5) is 18.7. The number of ether oxygens (including phenoxy) is 2. The fourth-order valence-electron chi connectivity index (χ4n) is 3.77. The maximum absolute atomic E-state index is 13.1. The predicted octanol–water partition coefficient (Wildman–Crippen LogP) is 6.66. The first-order valence-electron chi connectivity index (χ1n) is 10.6. The van der Waals surface area contributed by atoms with Gasteiger partial charge in [0.15, 0.2) is 5.78 Å². The van der Waals surface area contributed by atoms with Gasteiger partial charge in [0.1, 0.15) is 22.7 Å². The molecular weight excluding hydrogens is 410 g/mol. The first-order valence-corrected chi connectivity index (χ1v) is 11.5. The van der Waals surface area contributed by atoms with Gasteiger partial charge in [-0.25, -0.2) is 4.98 Å². The van der Waals surface area contributed by atoms with E-state index >= 15 is 0 Å². The van der Waals surface area contributed by atoms with E-state index in [-0.39, 0.29) is 11.5 Å². The maximum atomic E-state index is 13.1. The van der Waals surface area contributed by atoms with E-state index in [9.17, 15) is 9.90 Å². The Balaban J connectivity index is 1.99. The Kier molecular flexibility index (Phi) is 6.44. The van der Waals surface area contributed by atoms with Crippen molar-refractivity contribution in [2.45, 2.75) is 72.5 Å². The first-order chi connectivity index (χ1) is 14.5. The highest BCUT2D eigenvalue weighted by Crippen LogP contribution is 2.41. The number of allylic oxidation sites excluding steroid dienone is 1. The lowest BCUT2D eigenvalue weighted by molar-refractivity contribution is -0.158. The van der Waals surface area contributed by atoms with Crippen LogP contribution in [0.25, 0.3) is 11.6 Å². The standard InChI is InChI=1S/C25H31NO4S/c1-8-10-11-19-15(3)26-23(31-19)29-17-12-13-18(16(9-2)14-17)20-21(27)24(4,5)30-25(6,7)22(20)28/h10-14,27H,8-9H2,1-7H3/b11-10-. The number of aryl methyl sites for hydroxylation is 2. The van der Waals surface area contributed by atoms with Gasteiger partial charge >= 0.3 is 0 Å². The Labute approximate surface area is 188 Å². The lowest BCUT2D eigenvalue weighted by Gasteiger charge is -2.40. The number of rotatable bonds is 6. The summed E-state index contributed by atoms with van der Waals surface area (Å²) in [5.74, 6) is 0.386. The molecule has 0 spiro atoms. The van der Waals surface area contributed by atoms with E-state index in [1.165, 1.54) is 11.3 Å². The molecule has 0 unspecified atom stereocenters. The molecule has 1 aromatic carbocycles. The summed E-state index contributed by atoms with van der Waals surface area (Å²) < 4.78 is 11.9. The lowest BCUT2D eigenvalue weighted by Crippen LogP contribution is -2.49. The molecule has 0 bridgehead atoms. The van der Waals surface area contributed by atoms with Crippen molar-refractivity contribution in [3.05, 3.63) is 51.7 Å². The number of nitrogens with zero attached hydrogens (tertiary/aromatic N) is 1. The average molecular weight is 442 g/mol. The molecule has 5 nitrogen and oxygen atoms in total. The summed E-state index contributed by atoms with van der Waals surface area (Å²) in [7, 11) is 0. The van der Waals surface area contributed by atoms with Crippen molar-refractivity contribution in [2.24, 2.45) is 0 Å². The zero-order valence-corrected chi connectivity index (χ0v) is 20.1. The van der Waals surface area contributed by atoms with Crippen molar-refractivity contribution in [1.82, 2.24) is 4.98 Å². The highest BCUT2D eigenvalue weighted by atomic mass is 32.1. The van der Waals surface area contributed by atoms with Crippen molar-refractivity contribution in [3.8, 4) is 10.9 Å². The molecule has 166 valence electrons. The summed E-state index contributed by atoms with van der Waals surface area (Å²) in [6.07, 6.45) is 5.81. The molecule has 0 aliphatic carbocycles. The Hall–Kier alpha value is -2.44. The third-order valence-corrected chi connectivity index (χ3v) is 6.34. The smallest absolute Gasteiger partial charge is 0.279 e. The molecule has 2 aromatic rings. The Bertz CT molecular complexity index is 1060. The fraction of sp³-hybridized carbons (Fsp3) is 0.440. The van der Waals surface area contributed by atoms with Crippen molar-refractivity contribution in [2.75, 3.05) is 0 Å². The van der Waals surface area contributed by atoms with Gasteiger partial charge < -0.3 is 14.6 Å². The Morgan fingerprint density at radius 3 is 2.55 bits per heavy atom. The molecule has 0 saturated carbocycles. The van der Waals surface area contributed by atoms with Crippen LogP contribution in [0.1, 0.15) is 69.7 Å². The number of Topliss-reactive ketones (excluding diaryl/α,β-unsaturated/α-hetero) is 1. The van der Waals surface area contributed by atoms with E-state index in [4.69, 9.17) is 9.47 Å². The molecule has 1 aliphatic rings. The van der Waals surface area contributed by atoms with Crippen LogP contribution < -0.4 is 4.74 Å². The van der Waals surface area contributed by atoms with Crippen LogP contribution in [-0.4, -0.2) is 27.1 Å². The molecule has 31 heavy (non-hydrogen) atoms. The van der Waals surface area contributed by atoms with Crippen LogP contribution in [0.4, 0.5) is 0 Å². The zero-order valence-electron chi connectivity index (χ0n) is 19.3. The second-order valence-electron chi connectivity index (χ2n) is 8.69. The van der Waals surface area contributed by atoms with Gasteiger partial charge in [0.2, 0.25) is 0 Å². The Morgan fingerprint density at radius 2 is 1.90 bits per heavy atom. The molecule has 0 radical (unpaired) electrons. The summed E-state index contributed by atoms with van der Waals surface area (Å²) in [6, 6.07) is 5.57. The second-order valence-corrected chi connectivity index (χ2v) is 9.68. The van der Waals surface area contributed by atoms with Gasteiger partial charge in [0.25, 0.3) is 5.19 Å². The molecule has 0 amide bonds. The number of hydrogen-bond acceptors (Lipinski definition) is 6. The van der Waals surface area contributed by atoms with E-state index in [2.05, 4.69) is 24.1 Å². The highest BCUT2D eigenvalue weighted by Gasteiger charge is 2.47. The molecule has 0 atom stereocenters. The van der Waals surface area contributed by atoms with Crippen LogP contribution in [-0.2, 0) is 16.0 Å². The molecule has 0 fully saturated rings. The van der Waals surface area contributed by atoms with Gasteiger partial charge in [-0.2, -0.15) is 0 Å². The normalized spacial score (nSPS) is 18.1. The van der Waals surface area contributed by atoms with Crippen LogP contribution in [0.15, 0.2) is 30.0 Å². The lowest BCUT2D eigenvalue weighted by atomic mass is 9.81. The minimum absolute atomic E-state index is 0.0388. The van der Waals surface area contributed by atoms with Gasteiger partial charge in [-0.1, -0.05) is 37.3 Å². The van der Waals surface area contributed by atoms with Crippen molar-refractivity contribution in [1.29, 1.82) is 0 Å². The van der Waals surface area contributed by atoms with Crippen LogP contribution >= 0.6 is 11.3 Å². The van der Waals surface area contributed by atoms with E-state index in [0.29, 0.717) is 28.5 Å². The minimum Gasteiger partial charge on any atom is -0.508 e. The van der Waals surface area contributed by atoms with Gasteiger partial charge in [0, 0.05) is 0 Å². The topological polar surface area (TPSA) is 68.7 Å². The van der Waals surface area contributed by atoms with Crippen LogP contribution in [0.3, 0.4) is 0 Å². The number of benzene rings is 1.